The number of nitro groups is 1. The highest BCUT2D eigenvalue weighted by Crippen LogP contribution is 2.31. The first kappa shape index (κ1) is 23.1. The maximum atomic E-state index is 11.5. The van der Waals surface area contributed by atoms with Crippen molar-refractivity contribution in [2.24, 2.45) is 5.73 Å². The maximum absolute atomic E-state index is 11.5. The fourth-order valence-electron chi connectivity index (χ4n) is 4.10. The number of nitrogens with two attached hydrogens (primary N) is 1. The van der Waals surface area contributed by atoms with E-state index in [1.807, 2.05) is 42.6 Å². The van der Waals surface area contributed by atoms with Crippen LogP contribution in [0.25, 0.3) is 33.8 Å². The van der Waals surface area contributed by atoms with E-state index < -0.39 is 10.8 Å². The molecule has 1 aliphatic heterocycles. The van der Waals surface area contributed by atoms with E-state index in [4.69, 9.17) is 15.5 Å². The molecule has 0 atom stereocenters. The van der Waals surface area contributed by atoms with Gasteiger partial charge in [-0.2, -0.15) is 0 Å². The zero-order valence-corrected chi connectivity index (χ0v) is 19.3. The minimum absolute atomic E-state index is 0.0116. The number of benzene rings is 2. The first-order chi connectivity index (χ1) is 17.5. The van der Waals surface area contributed by atoms with Gasteiger partial charge in [0.25, 0.3) is 5.69 Å². The molecule has 9 heteroatoms. The molecule has 0 spiro atoms. The van der Waals surface area contributed by atoms with Crippen molar-refractivity contribution in [3.8, 4) is 33.8 Å². The lowest BCUT2D eigenvalue weighted by Gasteiger charge is -2.28. The fourth-order valence-corrected chi connectivity index (χ4v) is 4.10. The van der Waals surface area contributed by atoms with Crippen LogP contribution in [0.15, 0.2) is 79.0 Å². The van der Waals surface area contributed by atoms with Crippen molar-refractivity contribution in [2.75, 3.05) is 31.2 Å². The number of morpholine rings is 1. The van der Waals surface area contributed by atoms with Gasteiger partial charge in [-0.1, -0.05) is 12.1 Å². The van der Waals surface area contributed by atoms with Crippen molar-refractivity contribution in [3.05, 3.63) is 94.7 Å². The predicted octanol–water partition coefficient (Wildman–Crippen LogP) is 4.32. The van der Waals surface area contributed by atoms with Crippen molar-refractivity contribution in [3.63, 3.8) is 0 Å². The van der Waals surface area contributed by atoms with Crippen molar-refractivity contribution >= 4 is 17.3 Å². The van der Waals surface area contributed by atoms with Gasteiger partial charge in [0.2, 0.25) is 5.91 Å². The Hall–Kier alpha value is -4.63. The molecule has 1 fully saturated rings. The number of rotatable bonds is 6. The number of aromatic nitrogens is 2. The number of amides is 1. The van der Waals surface area contributed by atoms with Gasteiger partial charge < -0.3 is 15.4 Å². The van der Waals surface area contributed by atoms with Gasteiger partial charge in [-0.15, -0.1) is 0 Å². The van der Waals surface area contributed by atoms with E-state index in [0.717, 1.165) is 35.5 Å². The normalized spacial score (nSPS) is 13.4. The number of pyridine rings is 2. The molecule has 0 radical (unpaired) electrons. The van der Waals surface area contributed by atoms with E-state index in [0.29, 0.717) is 35.9 Å². The zero-order chi connectivity index (χ0) is 25.1. The van der Waals surface area contributed by atoms with Crippen LogP contribution in [-0.2, 0) is 4.74 Å². The number of primary amides is 1. The average Bonchev–Trinajstić information content (AvgIpc) is 2.93. The van der Waals surface area contributed by atoms with Crippen LogP contribution in [0.2, 0.25) is 0 Å². The molecule has 1 aliphatic rings. The smallest absolute Gasteiger partial charge is 0.269 e. The summed E-state index contributed by atoms with van der Waals surface area (Å²) in [4.78, 5) is 33.9. The Morgan fingerprint density at radius 2 is 1.53 bits per heavy atom. The summed E-state index contributed by atoms with van der Waals surface area (Å²) in [6.07, 6.45) is 1.84. The molecule has 2 aromatic heterocycles. The number of nitro benzene ring substituents is 1. The van der Waals surface area contributed by atoms with Crippen LogP contribution in [0.5, 0.6) is 0 Å². The topological polar surface area (TPSA) is 124 Å². The van der Waals surface area contributed by atoms with Gasteiger partial charge >= 0.3 is 0 Å². The number of non-ortho nitro benzene ring substituents is 1. The number of anilines is 1. The summed E-state index contributed by atoms with van der Waals surface area (Å²) < 4.78 is 5.43. The quantitative estimate of drug-likeness (QED) is 0.321. The van der Waals surface area contributed by atoms with Gasteiger partial charge in [0.05, 0.1) is 47.1 Å². The van der Waals surface area contributed by atoms with Crippen LogP contribution < -0.4 is 10.6 Å². The van der Waals surface area contributed by atoms with E-state index in [-0.39, 0.29) is 5.69 Å². The largest absolute Gasteiger partial charge is 0.378 e. The van der Waals surface area contributed by atoms with Gasteiger partial charge in [0.15, 0.2) is 0 Å². The lowest BCUT2D eigenvalue weighted by Crippen LogP contribution is -2.36. The minimum atomic E-state index is -0.493. The van der Waals surface area contributed by atoms with E-state index in [1.165, 1.54) is 12.1 Å². The lowest BCUT2D eigenvalue weighted by molar-refractivity contribution is -0.384. The first-order valence-electron chi connectivity index (χ1n) is 11.4. The van der Waals surface area contributed by atoms with E-state index in [9.17, 15) is 14.9 Å². The number of ether oxygens (including phenoxy) is 1. The van der Waals surface area contributed by atoms with Crippen LogP contribution in [0.1, 0.15) is 10.4 Å². The number of carbonyl (C=O) groups is 1. The second-order valence-corrected chi connectivity index (χ2v) is 8.37. The van der Waals surface area contributed by atoms with Gasteiger partial charge in [0, 0.05) is 36.3 Å². The van der Waals surface area contributed by atoms with Gasteiger partial charge in [-0.05, 0) is 59.7 Å². The molecular weight excluding hydrogens is 458 g/mol. The summed E-state index contributed by atoms with van der Waals surface area (Å²) >= 11 is 0. The summed E-state index contributed by atoms with van der Waals surface area (Å²) in [5.74, 6) is -0.493. The lowest BCUT2D eigenvalue weighted by atomic mass is 10.00. The number of nitrogens with zero attached hydrogens (tertiary/aromatic N) is 4. The minimum Gasteiger partial charge on any atom is -0.378 e. The molecule has 1 saturated heterocycles. The summed E-state index contributed by atoms with van der Waals surface area (Å²) in [6.45, 7) is 3.03. The van der Waals surface area contributed by atoms with Crippen LogP contribution in [0.3, 0.4) is 0 Å². The van der Waals surface area contributed by atoms with Crippen molar-refractivity contribution < 1.29 is 14.5 Å². The third kappa shape index (κ3) is 4.91. The van der Waals surface area contributed by atoms with E-state index >= 15 is 0 Å². The molecule has 1 amide bonds. The van der Waals surface area contributed by atoms with Crippen LogP contribution in [0.4, 0.5) is 11.4 Å². The average molecular weight is 482 g/mol. The number of carbonyl (C=O) groups excluding carboxylic acids is 1. The Bertz CT molecular complexity index is 1320. The summed E-state index contributed by atoms with van der Waals surface area (Å²) in [5, 5.41) is 11.1. The van der Waals surface area contributed by atoms with Crippen molar-refractivity contribution in [1.29, 1.82) is 0 Å². The van der Waals surface area contributed by atoms with Crippen molar-refractivity contribution in [2.45, 2.75) is 0 Å². The molecule has 2 N–H and O–H groups in total. The van der Waals surface area contributed by atoms with E-state index in [2.05, 4.69) is 9.88 Å². The summed E-state index contributed by atoms with van der Waals surface area (Å²) in [6, 6.07) is 21.1. The maximum Gasteiger partial charge on any atom is 0.269 e. The molecule has 0 unspecified atom stereocenters. The Morgan fingerprint density at radius 1 is 0.861 bits per heavy atom. The molecule has 3 heterocycles. The molecule has 0 aliphatic carbocycles. The molecule has 0 saturated carbocycles. The van der Waals surface area contributed by atoms with Gasteiger partial charge in [-0.3, -0.25) is 19.9 Å². The second kappa shape index (κ2) is 9.93. The fraction of sp³-hybridized carbons (Fsp3) is 0.148. The monoisotopic (exact) mass is 481 g/mol. The molecule has 0 bridgehead atoms. The van der Waals surface area contributed by atoms with Crippen LogP contribution in [0, 0.1) is 10.1 Å². The predicted molar refractivity (Wildman–Crippen MR) is 137 cm³/mol. The molecule has 36 heavy (non-hydrogen) atoms. The third-order valence-electron chi connectivity index (χ3n) is 6.09. The highest BCUT2D eigenvalue weighted by molar-refractivity contribution is 5.93. The van der Waals surface area contributed by atoms with E-state index in [1.54, 1.807) is 24.3 Å². The molecule has 4 aromatic rings. The number of hydrogen-bond acceptors (Lipinski definition) is 7. The number of hydrogen-bond donors (Lipinski definition) is 1. The summed E-state index contributed by atoms with van der Waals surface area (Å²) in [5.41, 5.74) is 11.3. The molecule has 180 valence electrons. The Morgan fingerprint density at radius 3 is 2.14 bits per heavy atom. The van der Waals surface area contributed by atoms with Gasteiger partial charge in [-0.25, -0.2) is 4.98 Å². The third-order valence-corrected chi connectivity index (χ3v) is 6.09. The van der Waals surface area contributed by atoms with Crippen LogP contribution >= 0.6 is 0 Å². The highest BCUT2D eigenvalue weighted by Gasteiger charge is 2.14. The molecular formula is C27H23N5O4. The Kier molecular flexibility index (Phi) is 6.38. The molecule has 9 nitrogen and oxygen atoms in total. The SMILES string of the molecule is NC(=O)c1ccc(-c2cc(-c3ccc([N+](=O)[O-])cc3)nc(-c3ccc(N4CCOCC4)cn3)c2)cc1. The standard InChI is InChI=1S/C27H23N5O4/c28-27(33)20-3-1-18(2-4-20)21-15-25(19-5-7-22(8-6-19)32(34)35)30-26(16-21)24-10-9-23(17-29-24)31-11-13-36-14-12-31/h1-10,15-17H,11-14H2,(H2,28,33). The second-order valence-electron chi connectivity index (χ2n) is 8.37. The molecule has 2 aromatic carbocycles. The van der Waals surface area contributed by atoms with Crippen molar-refractivity contribution in [1.82, 2.24) is 9.97 Å². The highest BCUT2D eigenvalue weighted by atomic mass is 16.6. The zero-order valence-electron chi connectivity index (χ0n) is 19.3. The Balaban J connectivity index is 1.55. The van der Waals surface area contributed by atoms with Crippen LogP contribution in [-0.4, -0.2) is 47.1 Å². The van der Waals surface area contributed by atoms with Gasteiger partial charge in [0.1, 0.15) is 0 Å². The Labute approximate surface area is 207 Å². The summed E-state index contributed by atoms with van der Waals surface area (Å²) in [7, 11) is 0. The first-order valence-corrected chi connectivity index (χ1v) is 11.4. The molecule has 5 rings (SSSR count).